The molecule has 4 rings (SSSR count). The van der Waals surface area contributed by atoms with Gasteiger partial charge in [0, 0.05) is 36.3 Å². The van der Waals surface area contributed by atoms with Gasteiger partial charge < -0.3 is 9.84 Å². The van der Waals surface area contributed by atoms with Crippen LogP contribution in [-0.4, -0.2) is 41.9 Å². The molecule has 1 aliphatic rings. The number of nitrogens with zero attached hydrogens (tertiary/aromatic N) is 3. The minimum atomic E-state index is -3.69. The molecule has 8 nitrogen and oxygen atoms in total. The van der Waals surface area contributed by atoms with Crippen LogP contribution in [0, 0.1) is 0 Å². The third-order valence-electron chi connectivity index (χ3n) is 5.07. The topological polar surface area (TPSA) is 105 Å². The van der Waals surface area contributed by atoms with Crippen LogP contribution in [0.4, 0.5) is 5.69 Å². The van der Waals surface area contributed by atoms with E-state index in [4.69, 9.17) is 16.1 Å². The van der Waals surface area contributed by atoms with Gasteiger partial charge in [-0.25, -0.2) is 8.42 Å². The van der Waals surface area contributed by atoms with Gasteiger partial charge in [-0.3, -0.25) is 4.79 Å². The number of piperidine rings is 1. The van der Waals surface area contributed by atoms with Gasteiger partial charge in [-0.15, -0.1) is 0 Å². The Bertz CT molecular complexity index is 1190. The summed E-state index contributed by atoms with van der Waals surface area (Å²) >= 11 is 6.03. The summed E-state index contributed by atoms with van der Waals surface area (Å²) in [6.07, 6.45) is 1.44. The maximum absolute atomic E-state index is 13.1. The Hall–Kier alpha value is -2.75. The van der Waals surface area contributed by atoms with E-state index in [1.807, 2.05) is 6.07 Å². The Balaban J connectivity index is 1.51. The monoisotopic (exact) mass is 460 g/mol. The molecule has 0 spiro atoms. The van der Waals surface area contributed by atoms with Crippen LogP contribution in [0.15, 0.2) is 57.9 Å². The molecule has 1 saturated heterocycles. The lowest BCUT2D eigenvalue weighted by Gasteiger charge is -2.30. The lowest BCUT2D eigenvalue weighted by molar-refractivity contribution is -0.114. The average molecular weight is 461 g/mol. The van der Waals surface area contributed by atoms with Crippen molar-refractivity contribution >= 4 is 33.2 Å². The minimum absolute atomic E-state index is 0.174. The smallest absolute Gasteiger partial charge is 0.243 e. The van der Waals surface area contributed by atoms with Gasteiger partial charge in [-0.05, 0) is 49.2 Å². The maximum atomic E-state index is 13.1. The van der Waals surface area contributed by atoms with Gasteiger partial charge in [0.05, 0.1) is 10.8 Å². The number of hydrogen-bond donors (Lipinski definition) is 1. The van der Waals surface area contributed by atoms with Crippen LogP contribution < -0.4 is 5.32 Å². The van der Waals surface area contributed by atoms with E-state index in [1.165, 1.54) is 23.4 Å². The fraction of sp³-hybridized carbons (Fsp3) is 0.286. The first-order chi connectivity index (χ1) is 14.8. The predicted molar refractivity (Wildman–Crippen MR) is 116 cm³/mol. The zero-order valence-electron chi connectivity index (χ0n) is 16.8. The van der Waals surface area contributed by atoms with Crippen molar-refractivity contribution in [2.75, 3.05) is 18.4 Å². The van der Waals surface area contributed by atoms with E-state index in [0.717, 1.165) is 12.0 Å². The normalized spacial score (nSPS) is 17.4. The quantitative estimate of drug-likeness (QED) is 0.618. The molecule has 162 valence electrons. The first kappa shape index (κ1) is 21.5. The van der Waals surface area contributed by atoms with E-state index in [1.54, 1.807) is 30.3 Å². The van der Waals surface area contributed by atoms with Crippen molar-refractivity contribution in [2.45, 2.75) is 30.6 Å². The molecule has 1 aromatic heterocycles. The molecule has 1 fully saturated rings. The lowest BCUT2D eigenvalue weighted by atomic mass is 10.00. The second-order valence-corrected chi connectivity index (χ2v) is 9.75. The molecule has 0 saturated carbocycles. The Morgan fingerprint density at radius 2 is 2.00 bits per heavy atom. The molecular weight excluding hydrogens is 440 g/mol. The van der Waals surface area contributed by atoms with Crippen LogP contribution in [0.1, 0.15) is 31.6 Å². The molecule has 31 heavy (non-hydrogen) atoms. The summed E-state index contributed by atoms with van der Waals surface area (Å²) in [6, 6.07) is 13.3. The Kier molecular flexibility index (Phi) is 6.08. The van der Waals surface area contributed by atoms with Crippen molar-refractivity contribution in [3.63, 3.8) is 0 Å². The highest BCUT2D eigenvalue weighted by molar-refractivity contribution is 7.89. The molecule has 2 aromatic carbocycles. The SMILES string of the molecule is CC(=O)Nc1ccc(S(=O)(=O)N2CCCC(c3nc(-c4cccc(Cl)c4)no3)C2)cc1. The number of sulfonamides is 1. The standard InChI is InChI=1S/C21H21ClN4O4S/c1-14(27)23-18-7-9-19(10-8-18)31(28,29)26-11-3-5-16(13-26)21-24-20(25-30-21)15-4-2-6-17(22)12-15/h2,4,6-10,12,16H,3,5,11,13H2,1H3,(H,23,27). The van der Waals surface area contributed by atoms with Gasteiger partial charge in [0.1, 0.15) is 0 Å². The molecule has 0 aliphatic carbocycles. The molecule has 0 bridgehead atoms. The van der Waals surface area contributed by atoms with Gasteiger partial charge >= 0.3 is 0 Å². The Labute approximate surface area is 185 Å². The van der Waals surface area contributed by atoms with Crippen molar-refractivity contribution < 1.29 is 17.7 Å². The fourth-order valence-corrected chi connectivity index (χ4v) is 5.28. The molecule has 1 unspecified atom stereocenters. The van der Waals surface area contributed by atoms with Gasteiger partial charge in [0.2, 0.25) is 27.6 Å². The third-order valence-corrected chi connectivity index (χ3v) is 7.18. The molecule has 10 heteroatoms. The van der Waals surface area contributed by atoms with E-state index >= 15 is 0 Å². The summed E-state index contributed by atoms with van der Waals surface area (Å²) in [5.74, 6) is 0.427. The second kappa shape index (κ2) is 8.78. The van der Waals surface area contributed by atoms with Gasteiger partial charge in [-0.1, -0.05) is 28.9 Å². The van der Waals surface area contributed by atoms with Gasteiger partial charge in [-0.2, -0.15) is 9.29 Å². The number of anilines is 1. The van der Waals surface area contributed by atoms with E-state index in [2.05, 4.69) is 15.5 Å². The van der Waals surface area contributed by atoms with E-state index in [-0.39, 0.29) is 23.3 Å². The number of rotatable bonds is 5. The van der Waals surface area contributed by atoms with Crippen LogP contribution in [0.2, 0.25) is 5.02 Å². The zero-order valence-corrected chi connectivity index (χ0v) is 18.4. The highest BCUT2D eigenvalue weighted by Gasteiger charge is 2.33. The average Bonchev–Trinajstić information content (AvgIpc) is 3.24. The number of benzene rings is 2. The number of aromatic nitrogens is 2. The molecule has 1 amide bonds. The minimum Gasteiger partial charge on any atom is -0.339 e. The molecule has 1 aliphatic heterocycles. The van der Waals surface area contributed by atoms with Crippen molar-refractivity contribution in [1.29, 1.82) is 0 Å². The molecule has 2 heterocycles. The summed E-state index contributed by atoms with van der Waals surface area (Å²) < 4.78 is 33.1. The lowest BCUT2D eigenvalue weighted by Crippen LogP contribution is -2.39. The highest BCUT2D eigenvalue weighted by atomic mass is 35.5. The molecule has 1 N–H and O–H groups in total. The van der Waals surface area contributed by atoms with Crippen LogP contribution in [0.5, 0.6) is 0 Å². The fourth-order valence-electron chi connectivity index (χ4n) is 3.57. The highest BCUT2D eigenvalue weighted by Crippen LogP contribution is 2.31. The van der Waals surface area contributed by atoms with Crippen molar-refractivity contribution in [3.05, 3.63) is 59.4 Å². The first-order valence-electron chi connectivity index (χ1n) is 9.80. The van der Waals surface area contributed by atoms with Crippen molar-refractivity contribution in [2.24, 2.45) is 0 Å². The maximum Gasteiger partial charge on any atom is 0.243 e. The van der Waals surface area contributed by atoms with Crippen LogP contribution >= 0.6 is 11.6 Å². The Morgan fingerprint density at radius 1 is 1.23 bits per heavy atom. The van der Waals surface area contributed by atoms with E-state index in [0.29, 0.717) is 35.4 Å². The Morgan fingerprint density at radius 3 is 2.71 bits per heavy atom. The van der Waals surface area contributed by atoms with Crippen LogP contribution in [0.25, 0.3) is 11.4 Å². The van der Waals surface area contributed by atoms with Crippen molar-refractivity contribution in [3.8, 4) is 11.4 Å². The summed E-state index contributed by atoms with van der Waals surface area (Å²) in [5, 5.41) is 7.23. The summed E-state index contributed by atoms with van der Waals surface area (Å²) in [6.45, 7) is 2.07. The molecule has 3 aromatic rings. The molecular formula is C21H21ClN4O4S. The second-order valence-electron chi connectivity index (χ2n) is 7.37. The van der Waals surface area contributed by atoms with Crippen molar-refractivity contribution in [1.82, 2.24) is 14.4 Å². The third kappa shape index (κ3) is 4.79. The number of halogens is 1. The first-order valence-corrected chi connectivity index (χ1v) is 11.6. The predicted octanol–water partition coefficient (Wildman–Crippen LogP) is 3.92. The number of amides is 1. The van der Waals surface area contributed by atoms with Crippen LogP contribution in [-0.2, 0) is 14.8 Å². The van der Waals surface area contributed by atoms with Crippen LogP contribution in [0.3, 0.4) is 0 Å². The zero-order chi connectivity index (χ0) is 22.0. The van der Waals surface area contributed by atoms with E-state index in [9.17, 15) is 13.2 Å². The van der Waals surface area contributed by atoms with Gasteiger partial charge in [0.25, 0.3) is 0 Å². The largest absolute Gasteiger partial charge is 0.339 e. The summed E-state index contributed by atoms with van der Waals surface area (Å²) in [5.41, 5.74) is 1.28. The van der Waals surface area contributed by atoms with Gasteiger partial charge in [0.15, 0.2) is 0 Å². The van der Waals surface area contributed by atoms with E-state index < -0.39 is 10.0 Å². The number of nitrogens with one attached hydrogen (secondary N) is 1. The number of carbonyl (C=O) groups is 1. The number of hydrogen-bond acceptors (Lipinski definition) is 6. The summed E-state index contributed by atoms with van der Waals surface area (Å²) in [7, 11) is -3.69. The molecule has 1 atom stereocenters. The summed E-state index contributed by atoms with van der Waals surface area (Å²) in [4.78, 5) is 15.8. The number of carbonyl (C=O) groups excluding carboxylic acids is 1. The molecule has 0 radical (unpaired) electrons.